The van der Waals surface area contributed by atoms with Gasteiger partial charge >= 0.3 is 0 Å². The van der Waals surface area contributed by atoms with Crippen molar-refractivity contribution in [3.05, 3.63) is 15.5 Å². The van der Waals surface area contributed by atoms with Gasteiger partial charge in [-0.15, -0.1) is 0 Å². The zero-order valence-corrected chi connectivity index (χ0v) is 14.2. The summed E-state index contributed by atoms with van der Waals surface area (Å²) in [6.45, 7) is 4.93. The molecule has 0 amide bonds. The van der Waals surface area contributed by atoms with Crippen LogP contribution in [0.5, 0.6) is 5.88 Å². The van der Waals surface area contributed by atoms with Crippen LogP contribution in [0.3, 0.4) is 0 Å². The lowest BCUT2D eigenvalue weighted by atomic mass is 10.2. The van der Waals surface area contributed by atoms with Gasteiger partial charge in [0.1, 0.15) is 11.4 Å². The summed E-state index contributed by atoms with van der Waals surface area (Å²) in [5, 5.41) is 7.67. The number of nitrogens with zero attached hydrogens (tertiary/aromatic N) is 4. The molecule has 0 aromatic carbocycles. The van der Waals surface area contributed by atoms with Gasteiger partial charge in [-0.3, -0.25) is 0 Å². The van der Waals surface area contributed by atoms with Gasteiger partial charge < -0.3 is 10.1 Å². The number of anilines is 1. The second-order valence-corrected chi connectivity index (χ2v) is 5.57. The summed E-state index contributed by atoms with van der Waals surface area (Å²) in [5.74, 6) is 2.15. The first-order valence-corrected chi connectivity index (χ1v) is 7.50. The fourth-order valence-corrected chi connectivity index (χ4v) is 2.43. The van der Waals surface area contributed by atoms with E-state index in [1.165, 1.54) is 0 Å². The van der Waals surface area contributed by atoms with E-state index in [-0.39, 0.29) is 0 Å². The highest BCUT2D eigenvalue weighted by Crippen LogP contribution is 2.31. The maximum atomic E-state index is 5.40. The third-order valence-electron chi connectivity index (χ3n) is 2.87. The molecule has 1 N–H and O–H groups in total. The molecule has 0 spiro atoms. The average Bonchev–Trinajstić information content (AvgIpc) is 2.72. The molecular formula is C13H18IN5O. The molecule has 0 atom stereocenters. The third kappa shape index (κ3) is 2.87. The van der Waals surface area contributed by atoms with Crippen molar-refractivity contribution < 1.29 is 4.74 Å². The molecule has 6 nitrogen and oxygen atoms in total. The minimum absolute atomic E-state index is 0.631. The van der Waals surface area contributed by atoms with Gasteiger partial charge in [-0.1, -0.05) is 6.92 Å². The van der Waals surface area contributed by atoms with Crippen LogP contribution in [-0.4, -0.2) is 33.4 Å². The molecule has 7 heteroatoms. The predicted octanol–water partition coefficient (Wildman–Crippen LogP) is 2.62. The predicted molar refractivity (Wildman–Crippen MR) is 87.0 cm³/mol. The molecule has 0 aliphatic heterocycles. The molecule has 0 aliphatic rings. The largest absolute Gasteiger partial charge is 0.481 e. The van der Waals surface area contributed by atoms with Gasteiger partial charge in [-0.05, 0) is 35.9 Å². The summed E-state index contributed by atoms with van der Waals surface area (Å²) in [4.78, 5) is 9.01. The highest BCUT2D eigenvalue weighted by molar-refractivity contribution is 14.1. The first-order valence-electron chi connectivity index (χ1n) is 6.42. The van der Waals surface area contributed by atoms with Crippen LogP contribution < -0.4 is 10.1 Å². The van der Waals surface area contributed by atoms with Gasteiger partial charge in [0.05, 0.1) is 16.4 Å². The quantitative estimate of drug-likeness (QED) is 0.800. The van der Waals surface area contributed by atoms with E-state index < -0.39 is 0 Å². The highest BCUT2D eigenvalue weighted by Gasteiger charge is 2.19. The van der Waals surface area contributed by atoms with Gasteiger partial charge in [-0.25, -0.2) is 14.6 Å². The number of ether oxygens (including phenoxy) is 1. The van der Waals surface area contributed by atoms with Crippen LogP contribution in [0.25, 0.3) is 11.4 Å². The van der Waals surface area contributed by atoms with E-state index in [0.717, 1.165) is 33.6 Å². The Kier molecular flexibility index (Phi) is 4.79. The van der Waals surface area contributed by atoms with Crippen molar-refractivity contribution in [1.82, 2.24) is 19.7 Å². The lowest BCUT2D eigenvalue weighted by Gasteiger charge is -2.09. The first-order chi connectivity index (χ1) is 9.58. The van der Waals surface area contributed by atoms with Crippen LogP contribution in [0.1, 0.15) is 19.0 Å². The molecule has 20 heavy (non-hydrogen) atoms. The van der Waals surface area contributed by atoms with Crippen LogP contribution in [0.15, 0.2) is 6.20 Å². The van der Waals surface area contributed by atoms with Crippen molar-refractivity contribution in [2.24, 2.45) is 7.05 Å². The summed E-state index contributed by atoms with van der Waals surface area (Å²) in [7, 11) is 3.47. The lowest BCUT2D eigenvalue weighted by Crippen LogP contribution is -2.06. The van der Waals surface area contributed by atoms with E-state index in [1.54, 1.807) is 11.8 Å². The minimum Gasteiger partial charge on any atom is -0.481 e. The Bertz CT molecular complexity index is 611. The normalized spacial score (nSPS) is 10.7. The van der Waals surface area contributed by atoms with Gasteiger partial charge in [0.25, 0.3) is 0 Å². The molecular weight excluding hydrogens is 369 g/mol. The van der Waals surface area contributed by atoms with Gasteiger partial charge in [0.2, 0.25) is 5.88 Å². The fraction of sp³-hybridized carbons (Fsp3) is 0.462. The summed E-state index contributed by atoms with van der Waals surface area (Å²) < 4.78 is 8.10. The topological polar surface area (TPSA) is 64.9 Å². The Morgan fingerprint density at radius 2 is 2.20 bits per heavy atom. The molecule has 0 aliphatic carbocycles. The van der Waals surface area contributed by atoms with E-state index in [2.05, 4.69) is 49.9 Å². The summed E-state index contributed by atoms with van der Waals surface area (Å²) in [6, 6.07) is 0. The number of hydrogen-bond donors (Lipinski definition) is 1. The number of methoxy groups -OCH3 is 1. The van der Waals surface area contributed by atoms with Crippen molar-refractivity contribution in [2.75, 3.05) is 19.0 Å². The zero-order valence-electron chi connectivity index (χ0n) is 12.1. The zero-order chi connectivity index (χ0) is 14.7. The molecule has 0 saturated carbocycles. The molecule has 0 fully saturated rings. The molecule has 2 rings (SSSR count). The summed E-state index contributed by atoms with van der Waals surface area (Å²) in [6.07, 6.45) is 2.86. The number of rotatable bonds is 5. The minimum atomic E-state index is 0.631. The first kappa shape index (κ1) is 15.0. The SMILES string of the molecule is CCCNc1nc(-c2c(C)nn(C)c2OC)ncc1I. The Hall–Kier alpha value is -1.38. The molecule has 0 unspecified atom stereocenters. The van der Waals surface area contributed by atoms with Crippen molar-refractivity contribution in [1.29, 1.82) is 0 Å². The van der Waals surface area contributed by atoms with Crippen LogP contribution in [0, 0.1) is 10.5 Å². The highest BCUT2D eigenvalue weighted by atomic mass is 127. The Labute approximate surface area is 132 Å². The summed E-state index contributed by atoms with van der Waals surface area (Å²) >= 11 is 2.23. The van der Waals surface area contributed by atoms with Gasteiger partial charge in [-0.2, -0.15) is 5.10 Å². The smallest absolute Gasteiger partial charge is 0.222 e. The Morgan fingerprint density at radius 1 is 1.45 bits per heavy atom. The number of halogens is 1. The third-order valence-corrected chi connectivity index (χ3v) is 3.66. The van der Waals surface area contributed by atoms with E-state index >= 15 is 0 Å². The van der Waals surface area contributed by atoms with E-state index in [1.807, 2.05) is 20.2 Å². The average molecular weight is 387 g/mol. The van der Waals surface area contributed by atoms with Crippen LogP contribution in [0.4, 0.5) is 5.82 Å². The van der Waals surface area contributed by atoms with Crippen LogP contribution in [-0.2, 0) is 7.05 Å². The Balaban J connectivity index is 2.48. The van der Waals surface area contributed by atoms with Crippen molar-refractivity contribution in [2.45, 2.75) is 20.3 Å². The number of aryl methyl sites for hydroxylation is 2. The van der Waals surface area contributed by atoms with Crippen molar-refractivity contribution in [3.63, 3.8) is 0 Å². The second kappa shape index (κ2) is 6.38. The summed E-state index contributed by atoms with van der Waals surface area (Å²) in [5.41, 5.74) is 1.69. The van der Waals surface area contributed by atoms with Crippen LogP contribution >= 0.6 is 22.6 Å². The molecule has 0 radical (unpaired) electrons. The van der Waals surface area contributed by atoms with Gasteiger partial charge in [0, 0.05) is 19.8 Å². The van der Waals surface area contributed by atoms with E-state index in [9.17, 15) is 0 Å². The second-order valence-electron chi connectivity index (χ2n) is 4.41. The lowest BCUT2D eigenvalue weighted by molar-refractivity contribution is 0.374. The molecule has 2 heterocycles. The van der Waals surface area contributed by atoms with Crippen LogP contribution in [0.2, 0.25) is 0 Å². The number of hydrogen-bond acceptors (Lipinski definition) is 5. The maximum absolute atomic E-state index is 5.40. The molecule has 0 bridgehead atoms. The van der Waals surface area contributed by atoms with E-state index in [4.69, 9.17) is 4.74 Å². The standard InChI is InChI=1S/C13H18IN5O/c1-5-6-15-11-9(14)7-16-12(17-11)10-8(2)18-19(3)13(10)20-4/h7H,5-6H2,1-4H3,(H,15,16,17). The van der Waals surface area contributed by atoms with Gasteiger partial charge in [0.15, 0.2) is 5.82 Å². The Morgan fingerprint density at radius 3 is 2.85 bits per heavy atom. The number of aromatic nitrogens is 4. The maximum Gasteiger partial charge on any atom is 0.222 e. The van der Waals surface area contributed by atoms with E-state index in [0.29, 0.717) is 11.7 Å². The fourth-order valence-electron chi connectivity index (χ4n) is 1.98. The van der Waals surface area contributed by atoms with Crippen molar-refractivity contribution in [3.8, 4) is 17.3 Å². The van der Waals surface area contributed by atoms with Crippen molar-refractivity contribution >= 4 is 28.4 Å². The monoisotopic (exact) mass is 387 g/mol. The number of nitrogens with one attached hydrogen (secondary N) is 1. The molecule has 2 aromatic rings. The molecule has 108 valence electrons. The molecule has 0 saturated heterocycles. The molecule has 2 aromatic heterocycles.